The minimum Gasteiger partial charge on any atom is -0.496 e. The molecule has 19 heavy (non-hydrogen) atoms. The molecule has 0 atom stereocenters. The Morgan fingerprint density at radius 3 is 2.63 bits per heavy atom. The molecule has 1 aliphatic heterocycles. The summed E-state index contributed by atoms with van der Waals surface area (Å²) < 4.78 is 5.18. The molecule has 0 aromatic heterocycles. The number of anilines is 1. The van der Waals surface area contributed by atoms with E-state index in [0.29, 0.717) is 17.0 Å². The van der Waals surface area contributed by atoms with Gasteiger partial charge in [0.1, 0.15) is 5.75 Å². The number of hydrogen-bond acceptors (Lipinski definition) is 5. The first-order valence-corrected chi connectivity index (χ1v) is 6.28. The van der Waals surface area contributed by atoms with Gasteiger partial charge in [-0.05, 0) is 25.2 Å². The lowest BCUT2D eigenvalue weighted by molar-refractivity contribution is 0.0660. The molecule has 1 fully saturated rings. The van der Waals surface area contributed by atoms with Crippen LogP contribution in [0.5, 0.6) is 5.75 Å². The van der Waals surface area contributed by atoms with Crippen molar-refractivity contribution in [3.05, 3.63) is 23.8 Å². The van der Waals surface area contributed by atoms with Gasteiger partial charge in [-0.1, -0.05) is 0 Å². The molecule has 2 rings (SSSR count). The van der Waals surface area contributed by atoms with Crippen molar-refractivity contribution in [3.63, 3.8) is 0 Å². The van der Waals surface area contributed by atoms with Crippen molar-refractivity contribution in [1.82, 2.24) is 15.3 Å². The minimum atomic E-state index is -0.186. The molecule has 0 bridgehead atoms. The topological polar surface area (TPSA) is 70.8 Å². The molecule has 1 aromatic rings. The number of likely N-dealkylation sites (N-methyl/N-ethyl adjacent to an activating group) is 1. The number of nitrogens with two attached hydrogens (primary N) is 1. The van der Waals surface area contributed by atoms with E-state index in [1.54, 1.807) is 18.2 Å². The first kappa shape index (κ1) is 13.6. The van der Waals surface area contributed by atoms with Gasteiger partial charge in [0.15, 0.2) is 0 Å². The fourth-order valence-electron chi connectivity index (χ4n) is 2.03. The summed E-state index contributed by atoms with van der Waals surface area (Å²) in [4.78, 5) is 14.5. The average Bonchev–Trinajstić information content (AvgIpc) is 2.41. The first-order chi connectivity index (χ1) is 9.10. The predicted octanol–water partition coefficient (Wildman–Crippen LogP) is 0.170. The van der Waals surface area contributed by atoms with E-state index >= 15 is 0 Å². The highest BCUT2D eigenvalue weighted by atomic mass is 16.5. The van der Waals surface area contributed by atoms with Gasteiger partial charge >= 0.3 is 0 Å². The van der Waals surface area contributed by atoms with Crippen LogP contribution in [0.25, 0.3) is 0 Å². The van der Waals surface area contributed by atoms with Crippen LogP contribution in [-0.2, 0) is 0 Å². The summed E-state index contributed by atoms with van der Waals surface area (Å²) in [6.07, 6.45) is 0. The van der Waals surface area contributed by atoms with Gasteiger partial charge in [-0.25, -0.2) is 5.01 Å². The number of carbonyl (C=O) groups is 1. The van der Waals surface area contributed by atoms with E-state index in [-0.39, 0.29) is 5.91 Å². The van der Waals surface area contributed by atoms with Crippen LogP contribution in [0.4, 0.5) is 5.69 Å². The predicted molar refractivity (Wildman–Crippen MR) is 73.9 cm³/mol. The van der Waals surface area contributed by atoms with Crippen LogP contribution < -0.4 is 15.9 Å². The van der Waals surface area contributed by atoms with Crippen molar-refractivity contribution in [2.24, 2.45) is 0 Å². The van der Waals surface area contributed by atoms with Crippen LogP contribution in [0.15, 0.2) is 18.2 Å². The lowest BCUT2D eigenvalue weighted by Gasteiger charge is -2.32. The van der Waals surface area contributed by atoms with Crippen LogP contribution in [0, 0.1) is 0 Å². The summed E-state index contributed by atoms with van der Waals surface area (Å²) in [5.74, 6) is 0.342. The largest absolute Gasteiger partial charge is 0.496 e. The summed E-state index contributed by atoms with van der Waals surface area (Å²) in [5.41, 5.74) is 9.61. The molecule has 1 amide bonds. The molecule has 1 saturated heterocycles. The van der Waals surface area contributed by atoms with Crippen molar-refractivity contribution in [2.45, 2.75) is 0 Å². The first-order valence-electron chi connectivity index (χ1n) is 6.28. The number of hydrazine groups is 1. The van der Waals surface area contributed by atoms with Crippen molar-refractivity contribution in [1.29, 1.82) is 0 Å². The average molecular weight is 264 g/mol. The van der Waals surface area contributed by atoms with E-state index in [2.05, 4.69) is 17.4 Å². The van der Waals surface area contributed by atoms with Gasteiger partial charge in [-0.15, -0.1) is 0 Å². The number of rotatable bonds is 3. The lowest BCUT2D eigenvalue weighted by Crippen LogP contribution is -2.52. The summed E-state index contributed by atoms with van der Waals surface area (Å²) >= 11 is 0. The van der Waals surface area contributed by atoms with Gasteiger partial charge in [0.05, 0.1) is 12.7 Å². The molecule has 1 aliphatic rings. The summed E-state index contributed by atoms with van der Waals surface area (Å²) in [7, 11) is 3.61. The Morgan fingerprint density at radius 2 is 2.00 bits per heavy atom. The Bertz CT molecular complexity index is 456. The lowest BCUT2D eigenvalue weighted by atomic mass is 10.1. The Balaban J connectivity index is 2.05. The van der Waals surface area contributed by atoms with Crippen LogP contribution in [-0.4, -0.2) is 56.2 Å². The van der Waals surface area contributed by atoms with Gasteiger partial charge in [0, 0.05) is 31.9 Å². The molecule has 0 saturated carbocycles. The minimum absolute atomic E-state index is 0.186. The Hall–Kier alpha value is -1.79. The standard InChI is InChI=1S/C13H20N4O2/c1-16-5-7-17(8-6-16)15-13(18)11-9-10(14)3-4-12(11)19-2/h3-4,9H,5-8,14H2,1-2H3,(H,15,18). The second-order valence-electron chi connectivity index (χ2n) is 4.69. The number of hydrogen-bond donors (Lipinski definition) is 2. The number of nitrogens with zero attached hydrogens (tertiary/aromatic N) is 2. The third-order valence-corrected chi connectivity index (χ3v) is 3.23. The van der Waals surface area contributed by atoms with Crippen molar-refractivity contribution in [2.75, 3.05) is 46.1 Å². The molecule has 0 spiro atoms. The number of piperazine rings is 1. The molecule has 0 aliphatic carbocycles. The van der Waals surface area contributed by atoms with E-state index < -0.39 is 0 Å². The molecule has 6 nitrogen and oxygen atoms in total. The second kappa shape index (κ2) is 5.90. The van der Waals surface area contributed by atoms with Crippen molar-refractivity contribution >= 4 is 11.6 Å². The quantitative estimate of drug-likeness (QED) is 0.762. The zero-order valence-electron chi connectivity index (χ0n) is 11.3. The molecule has 1 aromatic carbocycles. The van der Waals surface area contributed by atoms with Crippen molar-refractivity contribution in [3.8, 4) is 5.75 Å². The van der Waals surface area contributed by atoms with Crippen LogP contribution in [0.3, 0.4) is 0 Å². The molecule has 6 heteroatoms. The van der Waals surface area contributed by atoms with E-state index in [4.69, 9.17) is 10.5 Å². The summed E-state index contributed by atoms with van der Waals surface area (Å²) in [5, 5.41) is 1.92. The number of nitrogen functional groups attached to an aromatic ring is 1. The zero-order valence-corrected chi connectivity index (χ0v) is 11.3. The van der Waals surface area contributed by atoms with E-state index in [9.17, 15) is 4.79 Å². The maximum Gasteiger partial charge on any atom is 0.269 e. The van der Waals surface area contributed by atoms with Gasteiger partial charge in [0.25, 0.3) is 5.91 Å². The van der Waals surface area contributed by atoms with Gasteiger partial charge in [-0.3, -0.25) is 10.2 Å². The van der Waals surface area contributed by atoms with Crippen LogP contribution in [0.2, 0.25) is 0 Å². The number of methoxy groups -OCH3 is 1. The van der Waals surface area contributed by atoms with Gasteiger partial charge in [0.2, 0.25) is 0 Å². The number of carbonyl (C=O) groups excluding carboxylic acids is 1. The maximum absolute atomic E-state index is 12.2. The number of benzene rings is 1. The van der Waals surface area contributed by atoms with E-state index in [1.807, 2.05) is 5.01 Å². The Kier molecular flexibility index (Phi) is 4.24. The normalized spacial score (nSPS) is 17.2. The fraction of sp³-hybridized carbons (Fsp3) is 0.462. The van der Waals surface area contributed by atoms with Crippen molar-refractivity contribution < 1.29 is 9.53 Å². The van der Waals surface area contributed by atoms with E-state index in [1.165, 1.54) is 7.11 Å². The van der Waals surface area contributed by atoms with Crippen LogP contribution >= 0.6 is 0 Å². The van der Waals surface area contributed by atoms with Crippen LogP contribution in [0.1, 0.15) is 10.4 Å². The molecule has 1 heterocycles. The number of amides is 1. The van der Waals surface area contributed by atoms with Gasteiger partial charge in [-0.2, -0.15) is 0 Å². The SMILES string of the molecule is COc1ccc(N)cc1C(=O)NN1CCN(C)CC1. The highest BCUT2D eigenvalue weighted by Crippen LogP contribution is 2.21. The Morgan fingerprint density at radius 1 is 1.32 bits per heavy atom. The van der Waals surface area contributed by atoms with Gasteiger partial charge < -0.3 is 15.4 Å². The fourth-order valence-corrected chi connectivity index (χ4v) is 2.03. The third-order valence-electron chi connectivity index (χ3n) is 3.23. The monoisotopic (exact) mass is 264 g/mol. The number of nitrogens with one attached hydrogen (secondary N) is 1. The molecule has 0 radical (unpaired) electrons. The number of ether oxygens (including phenoxy) is 1. The smallest absolute Gasteiger partial charge is 0.269 e. The molecular formula is C13H20N4O2. The zero-order chi connectivity index (χ0) is 13.8. The molecule has 104 valence electrons. The highest BCUT2D eigenvalue weighted by molar-refractivity contribution is 5.97. The summed E-state index contributed by atoms with van der Waals surface area (Å²) in [6.45, 7) is 3.50. The third kappa shape index (κ3) is 3.36. The molecular weight excluding hydrogens is 244 g/mol. The van der Waals surface area contributed by atoms with E-state index in [0.717, 1.165) is 26.2 Å². The Labute approximate surface area is 113 Å². The maximum atomic E-state index is 12.2. The molecule has 3 N–H and O–H groups in total. The molecule has 0 unspecified atom stereocenters. The second-order valence-corrected chi connectivity index (χ2v) is 4.69. The summed E-state index contributed by atoms with van der Waals surface area (Å²) in [6, 6.07) is 5.05. The highest BCUT2D eigenvalue weighted by Gasteiger charge is 2.18.